The van der Waals surface area contributed by atoms with Crippen molar-refractivity contribution in [1.29, 1.82) is 0 Å². The maximum atomic E-state index is 12.2. The monoisotopic (exact) mass is 284 g/mol. The molecule has 0 spiro atoms. The molecule has 0 amide bonds. The summed E-state index contributed by atoms with van der Waals surface area (Å²) in [6.07, 6.45) is 13.8. The first kappa shape index (κ1) is 17.4. The van der Waals surface area contributed by atoms with Crippen LogP contribution in [0.1, 0.15) is 64.4 Å². The highest BCUT2D eigenvalue weighted by Crippen LogP contribution is 2.13. The first-order valence-electron chi connectivity index (χ1n) is 8.24. The molecule has 0 aromatic heterocycles. The Bertz CT molecular complexity index is 454. The molecule has 0 aliphatic carbocycles. The quantitative estimate of drug-likeness (QED) is 0.294. The Balaban J connectivity index is 2.67. The first-order chi connectivity index (χ1) is 10.3. The Labute approximate surface area is 129 Å². The van der Waals surface area contributed by atoms with Gasteiger partial charge in [-0.3, -0.25) is 4.79 Å². The van der Waals surface area contributed by atoms with Gasteiger partial charge in [0.1, 0.15) is 0 Å². The van der Waals surface area contributed by atoms with Crippen LogP contribution < -0.4 is 0 Å². The lowest BCUT2D eigenvalue weighted by Crippen LogP contribution is -1.99. The maximum absolute atomic E-state index is 12.2. The maximum Gasteiger partial charge on any atom is 0.162 e. The number of hydrogen-bond acceptors (Lipinski definition) is 1. The van der Waals surface area contributed by atoms with Crippen LogP contribution in [0.25, 0.3) is 6.08 Å². The third kappa shape index (κ3) is 7.65. The number of allylic oxidation sites excluding steroid dienone is 3. The van der Waals surface area contributed by atoms with Gasteiger partial charge < -0.3 is 0 Å². The van der Waals surface area contributed by atoms with Crippen molar-refractivity contribution in [3.05, 3.63) is 53.6 Å². The summed E-state index contributed by atoms with van der Waals surface area (Å²) in [7, 11) is 0. The van der Waals surface area contributed by atoms with E-state index < -0.39 is 0 Å². The van der Waals surface area contributed by atoms with Crippen molar-refractivity contribution in [2.75, 3.05) is 0 Å². The van der Waals surface area contributed by atoms with Crippen LogP contribution in [0.4, 0.5) is 0 Å². The van der Waals surface area contributed by atoms with Gasteiger partial charge in [0, 0.05) is 12.0 Å². The van der Waals surface area contributed by atoms with E-state index in [1.165, 1.54) is 25.7 Å². The topological polar surface area (TPSA) is 17.1 Å². The molecule has 114 valence electrons. The molecule has 0 unspecified atom stereocenters. The summed E-state index contributed by atoms with van der Waals surface area (Å²) in [5.41, 5.74) is 1.92. The van der Waals surface area contributed by atoms with Crippen LogP contribution in [0.3, 0.4) is 0 Å². The van der Waals surface area contributed by atoms with Crippen LogP contribution in [0.15, 0.2) is 48.1 Å². The summed E-state index contributed by atoms with van der Waals surface area (Å²) in [5, 5.41) is 0. The molecule has 0 aliphatic heterocycles. The number of carbonyl (C=O) groups is 1. The molecular weight excluding hydrogens is 256 g/mol. The molecule has 0 atom stereocenters. The smallest absolute Gasteiger partial charge is 0.162 e. The molecule has 0 aliphatic rings. The largest absolute Gasteiger partial charge is 0.294 e. The van der Waals surface area contributed by atoms with Gasteiger partial charge in [-0.25, -0.2) is 0 Å². The number of Topliss-reactive ketones (excluding diaryl/α,β-unsaturated/α-hetero) is 1. The Hall–Kier alpha value is -1.63. The van der Waals surface area contributed by atoms with Crippen molar-refractivity contribution in [1.82, 2.24) is 0 Å². The van der Waals surface area contributed by atoms with E-state index in [9.17, 15) is 4.79 Å². The third-order valence-electron chi connectivity index (χ3n) is 3.44. The molecule has 1 rings (SSSR count). The van der Waals surface area contributed by atoms with Gasteiger partial charge in [-0.15, -0.1) is 0 Å². The van der Waals surface area contributed by atoms with E-state index in [4.69, 9.17) is 0 Å². The molecule has 0 saturated carbocycles. The molecule has 0 fully saturated rings. The van der Waals surface area contributed by atoms with Gasteiger partial charge in [-0.1, -0.05) is 75.6 Å². The van der Waals surface area contributed by atoms with Gasteiger partial charge in [0.15, 0.2) is 5.78 Å². The fourth-order valence-electron chi connectivity index (χ4n) is 2.22. The van der Waals surface area contributed by atoms with E-state index in [1.807, 2.05) is 49.4 Å². The second-order valence-corrected chi connectivity index (χ2v) is 5.44. The van der Waals surface area contributed by atoms with E-state index in [1.54, 1.807) is 0 Å². The van der Waals surface area contributed by atoms with Crippen LogP contribution >= 0.6 is 0 Å². The fraction of sp³-hybridized carbons (Fsp3) is 0.450. The molecule has 0 N–H and O–H groups in total. The molecular formula is C20H28O. The molecule has 0 heterocycles. The first-order valence-corrected chi connectivity index (χ1v) is 8.24. The van der Waals surface area contributed by atoms with Crippen LogP contribution in [-0.4, -0.2) is 5.78 Å². The zero-order valence-electron chi connectivity index (χ0n) is 13.5. The zero-order valence-corrected chi connectivity index (χ0v) is 13.5. The number of benzene rings is 1. The van der Waals surface area contributed by atoms with E-state index in [0.29, 0.717) is 6.42 Å². The lowest BCUT2D eigenvalue weighted by atomic mass is 10.0. The molecule has 1 nitrogen and oxygen atoms in total. The van der Waals surface area contributed by atoms with E-state index in [0.717, 1.165) is 24.0 Å². The van der Waals surface area contributed by atoms with E-state index in [-0.39, 0.29) is 5.78 Å². The molecule has 0 saturated heterocycles. The number of rotatable bonds is 10. The standard InChI is InChI=1S/C20H28O/c1-3-5-6-7-8-12-16-19(20(21)13-4-2)17-18-14-10-9-11-15-18/h9-12,14-17H,3-8,13H2,1-2H3. The van der Waals surface area contributed by atoms with Gasteiger partial charge in [0.25, 0.3) is 0 Å². The molecule has 1 aromatic carbocycles. The SMILES string of the molecule is CCCCCCC=CC(=Cc1ccccc1)C(=O)CCC. The lowest BCUT2D eigenvalue weighted by molar-refractivity contribution is -0.115. The number of hydrogen-bond donors (Lipinski definition) is 0. The number of unbranched alkanes of at least 4 members (excludes halogenated alkanes) is 4. The summed E-state index contributed by atoms with van der Waals surface area (Å²) in [4.78, 5) is 12.2. The van der Waals surface area contributed by atoms with Crippen LogP contribution in [0.5, 0.6) is 0 Å². The minimum absolute atomic E-state index is 0.242. The van der Waals surface area contributed by atoms with Gasteiger partial charge >= 0.3 is 0 Å². The Morgan fingerprint density at radius 1 is 1.00 bits per heavy atom. The normalized spacial score (nSPS) is 12.0. The fourth-order valence-corrected chi connectivity index (χ4v) is 2.22. The second-order valence-electron chi connectivity index (χ2n) is 5.44. The highest BCUT2D eigenvalue weighted by Gasteiger charge is 2.05. The Morgan fingerprint density at radius 3 is 2.43 bits per heavy atom. The average Bonchev–Trinajstić information content (AvgIpc) is 2.50. The second kappa shape index (κ2) is 11.1. The van der Waals surface area contributed by atoms with Crippen molar-refractivity contribution in [3.63, 3.8) is 0 Å². The number of ketones is 1. The highest BCUT2D eigenvalue weighted by molar-refractivity contribution is 6.02. The van der Waals surface area contributed by atoms with Crippen molar-refractivity contribution in [2.24, 2.45) is 0 Å². The summed E-state index contributed by atoms with van der Waals surface area (Å²) >= 11 is 0. The minimum atomic E-state index is 0.242. The molecule has 0 radical (unpaired) electrons. The van der Waals surface area contributed by atoms with Crippen LogP contribution in [0, 0.1) is 0 Å². The number of carbonyl (C=O) groups excluding carboxylic acids is 1. The summed E-state index contributed by atoms with van der Waals surface area (Å²) in [6, 6.07) is 10.1. The van der Waals surface area contributed by atoms with Gasteiger partial charge in [-0.2, -0.15) is 0 Å². The predicted octanol–water partition coefficient (Wildman–Crippen LogP) is 5.97. The highest BCUT2D eigenvalue weighted by atomic mass is 16.1. The minimum Gasteiger partial charge on any atom is -0.294 e. The lowest BCUT2D eigenvalue weighted by Gasteiger charge is -2.02. The van der Waals surface area contributed by atoms with Crippen molar-refractivity contribution in [2.45, 2.75) is 58.8 Å². The van der Waals surface area contributed by atoms with Crippen LogP contribution in [-0.2, 0) is 4.79 Å². The Kier molecular flexibility index (Phi) is 9.19. The zero-order chi connectivity index (χ0) is 15.3. The average molecular weight is 284 g/mol. The molecule has 0 bridgehead atoms. The molecule has 21 heavy (non-hydrogen) atoms. The summed E-state index contributed by atoms with van der Waals surface area (Å²) in [5.74, 6) is 0.242. The summed E-state index contributed by atoms with van der Waals surface area (Å²) < 4.78 is 0. The Morgan fingerprint density at radius 2 is 1.76 bits per heavy atom. The molecule has 1 heteroatoms. The van der Waals surface area contributed by atoms with Gasteiger partial charge in [0.2, 0.25) is 0 Å². The molecule has 1 aromatic rings. The third-order valence-corrected chi connectivity index (χ3v) is 3.44. The predicted molar refractivity (Wildman–Crippen MR) is 92.2 cm³/mol. The summed E-state index contributed by atoms with van der Waals surface area (Å²) in [6.45, 7) is 4.27. The van der Waals surface area contributed by atoms with Crippen molar-refractivity contribution < 1.29 is 4.79 Å². The van der Waals surface area contributed by atoms with E-state index in [2.05, 4.69) is 13.0 Å². The van der Waals surface area contributed by atoms with Crippen molar-refractivity contribution >= 4 is 11.9 Å². The van der Waals surface area contributed by atoms with E-state index >= 15 is 0 Å². The van der Waals surface area contributed by atoms with Gasteiger partial charge in [-0.05, 0) is 30.9 Å². The van der Waals surface area contributed by atoms with Crippen LogP contribution in [0.2, 0.25) is 0 Å². The van der Waals surface area contributed by atoms with Crippen molar-refractivity contribution in [3.8, 4) is 0 Å². The van der Waals surface area contributed by atoms with Gasteiger partial charge in [0.05, 0.1) is 0 Å².